The molecule has 0 amide bonds. The molecular weight excluding hydrogens is 455 g/mol. The molecule has 0 aromatic heterocycles. The van der Waals surface area contributed by atoms with Gasteiger partial charge in [0.25, 0.3) is 0 Å². The molecule has 1 aromatic rings. The Hall–Kier alpha value is -1.22. The fraction of sp³-hybridized carbons (Fsp3) is 0.650. The summed E-state index contributed by atoms with van der Waals surface area (Å²) in [6.45, 7) is 4.61. The number of methoxy groups -OCH3 is 1. The minimum Gasteiger partial charge on any atom is -0.495 e. The van der Waals surface area contributed by atoms with Crippen molar-refractivity contribution >= 4 is 35.6 Å². The third-order valence-corrected chi connectivity index (χ3v) is 4.99. The van der Waals surface area contributed by atoms with E-state index < -0.39 is 0 Å². The first kappa shape index (κ1) is 22.1. The Balaban J connectivity index is 0.00000261. The lowest BCUT2D eigenvalue weighted by Crippen LogP contribution is -2.45. The van der Waals surface area contributed by atoms with Crippen molar-refractivity contribution in [2.75, 3.05) is 51.9 Å². The lowest BCUT2D eigenvalue weighted by atomic mass is 10.2. The summed E-state index contributed by atoms with van der Waals surface area (Å²) in [5, 5.41) is 6.93. The predicted molar refractivity (Wildman–Crippen MR) is 122 cm³/mol. The number of halogens is 1. The Morgan fingerprint density at radius 1 is 1.26 bits per heavy atom. The zero-order chi connectivity index (χ0) is 18.2. The molecule has 1 saturated carbocycles. The first-order valence-electron chi connectivity index (χ1n) is 9.73. The Kier molecular flexibility index (Phi) is 9.47. The third kappa shape index (κ3) is 7.03. The van der Waals surface area contributed by atoms with Gasteiger partial charge < -0.3 is 25.0 Å². The highest BCUT2D eigenvalue weighted by Gasteiger charge is 2.25. The Morgan fingerprint density at radius 3 is 2.81 bits per heavy atom. The van der Waals surface area contributed by atoms with Crippen LogP contribution in [0.5, 0.6) is 5.75 Å². The summed E-state index contributed by atoms with van der Waals surface area (Å²) in [7, 11) is 3.55. The fourth-order valence-corrected chi connectivity index (χ4v) is 3.29. The molecule has 2 fully saturated rings. The van der Waals surface area contributed by atoms with Gasteiger partial charge in [0, 0.05) is 45.9 Å². The highest BCUT2D eigenvalue weighted by molar-refractivity contribution is 14.0. The van der Waals surface area contributed by atoms with E-state index >= 15 is 0 Å². The highest BCUT2D eigenvalue weighted by atomic mass is 127. The second-order valence-electron chi connectivity index (χ2n) is 7.12. The van der Waals surface area contributed by atoms with Crippen LogP contribution < -0.4 is 20.3 Å². The van der Waals surface area contributed by atoms with Crippen LogP contribution >= 0.6 is 24.0 Å². The summed E-state index contributed by atoms with van der Waals surface area (Å²) in [4.78, 5) is 6.72. The van der Waals surface area contributed by atoms with Crippen molar-refractivity contribution < 1.29 is 9.47 Å². The van der Waals surface area contributed by atoms with E-state index in [9.17, 15) is 0 Å². The number of aliphatic imine (C=N–C) groups is 1. The molecule has 7 heteroatoms. The standard InChI is InChI=1S/C20H32N4O2.HI/c1-21-20(22-11-5-13-26-15-16-8-9-16)23-17-10-12-24(14-17)18-6-3-4-7-19(18)25-2;/h3-4,6-7,16-17H,5,8-15H2,1-2H3,(H2,21,22,23);1H. The number of para-hydroxylation sites is 2. The number of benzene rings is 1. The molecule has 1 heterocycles. The van der Waals surface area contributed by atoms with E-state index in [0.717, 1.165) is 69.0 Å². The van der Waals surface area contributed by atoms with E-state index in [-0.39, 0.29) is 24.0 Å². The van der Waals surface area contributed by atoms with Crippen molar-refractivity contribution in [2.24, 2.45) is 10.9 Å². The van der Waals surface area contributed by atoms with E-state index in [1.165, 1.54) is 12.8 Å². The smallest absolute Gasteiger partial charge is 0.191 e. The molecular formula is C20H33IN4O2. The molecule has 152 valence electrons. The number of nitrogens with one attached hydrogen (secondary N) is 2. The van der Waals surface area contributed by atoms with Crippen LogP contribution in [0.25, 0.3) is 0 Å². The van der Waals surface area contributed by atoms with Crippen molar-refractivity contribution in [3.8, 4) is 5.75 Å². The molecule has 1 atom stereocenters. The molecule has 27 heavy (non-hydrogen) atoms. The van der Waals surface area contributed by atoms with Crippen LogP contribution in [0.2, 0.25) is 0 Å². The summed E-state index contributed by atoms with van der Waals surface area (Å²) >= 11 is 0. The average Bonchev–Trinajstić information content (AvgIpc) is 3.39. The van der Waals surface area contributed by atoms with Crippen LogP contribution in [-0.2, 0) is 4.74 Å². The van der Waals surface area contributed by atoms with Gasteiger partial charge in [-0.2, -0.15) is 0 Å². The largest absolute Gasteiger partial charge is 0.495 e. The Bertz CT molecular complexity index is 595. The third-order valence-electron chi connectivity index (χ3n) is 4.99. The average molecular weight is 488 g/mol. The van der Waals surface area contributed by atoms with Gasteiger partial charge in [-0.1, -0.05) is 12.1 Å². The first-order chi connectivity index (χ1) is 12.8. The molecule has 1 unspecified atom stereocenters. The van der Waals surface area contributed by atoms with E-state index in [2.05, 4.69) is 32.7 Å². The van der Waals surface area contributed by atoms with Gasteiger partial charge in [-0.3, -0.25) is 4.99 Å². The van der Waals surface area contributed by atoms with Crippen LogP contribution in [0.3, 0.4) is 0 Å². The fourth-order valence-electron chi connectivity index (χ4n) is 3.29. The minimum absolute atomic E-state index is 0. The second-order valence-corrected chi connectivity index (χ2v) is 7.12. The van der Waals surface area contributed by atoms with Crippen LogP contribution in [0.1, 0.15) is 25.7 Å². The lowest BCUT2D eigenvalue weighted by Gasteiger charge is -2.22. The summed E-state index contributed by atoms with van der Waals surface area (Å²) in [5.74, 6) is 2.65. The van der Waals surface area contributed by atoms with E-state index in [1.807, 2.05) is 19.2 Å². The zero-order valence-electron chi connectivity index (χ0n) is 16.4. The van der Waals surface area contributed by atoms with E-state index in [1.54, 1.807) is 7.11 Å². The van der Waals surface area contributed by atoms with Gasteiger partial charge in [-0.05, 0) is 43.7 Å². The topological polar surface area (TPSA) is 58.1 Å². The first-order valence-corrected chi connectivity index (χ1v) is 9.73. The Morgan fingerprint density at radius 2 is 2.07 bits per heavy atom. The van der Waals surface area contributed by atoms with Crippen LogP contribution in [0.15, 0.2) is 29.3 Å². The van der Waals surface area contributed by atoms with Crippen molar-refractivity contribution in [2.45, 2.75) is 31.7 Å². The van der Waals surface area contributed by atoms with Gasteiger partial charge in [0.1, 0.15) is 5.75 Å². The number of hydrogen-bond acceptors (Lipinski definition) is 4. The van der Waals surface area contributed by atoms with Crippen molar-refractivity contribution in [3.05, 3.63) is 24.3 Å². The molecule has 3 rings (SSSR count). The predicted octanol–water partition coefficient (Wildman–Crippen LogP) is 2.87. The van der Waals surface area contributed by atoms with Gasteiger partial charge >= 0.3 is 0 Å². The molecule has 1 aliphatic heterocycles. The molecule has 0 bridgehead atoms. The van der Waals surface area contributed by atoms with E-state index in [4.69, 9.17) is 9.47 Å². The van der Waals surface area contributed by atoms with Gasteiger partial charge in [0.05, 0.1) is 12.8 Å². The number of guanidine groups is 1. The van der Waals surface area contributed by atoms with Gasteiger partial charge in [0.15, 0.2) is 5.96 Å². The van der Waals surface area contributed by atoms with Gasteiger partial charge in [0.2, 0.25) is 0 Å². The summed E-state index contributed by atoms with van der Waals surface area (Å²) in [5.41, 5.74) is 1.16. The normalized spacial score (nSPS) is 19.6. The monoisotopic (exact) mass is 488 g/mol. The molecule has 1 saturated heterocycles. The molecule has 6 nitrogen and oxygen atoms in total. The summed E-state index contributed by atoms with van der Waals surface area (Å²) < 4.78 is 11.2. The maximum atomic E-state index is 5.67. The molecule has 1 aromatic carbocycles. The minimum atomic E-state index is 0. The van der Waals surface area contributed by atoms with Gasteiger partial charge in [-0.25, -0.2) is 0 Å². The van der Waals surface area contributed by atoms with Crippen molar-refractivity contribution in [1.82, 2.24) is 10.6 Å². The number of anilines is 1. The number of nitrogens with zero attached hydrogens (tertiary/aromatic N) is 2. The lowest BCUT2D eigenvalue weighted by molar-refractivity contribution is 0.123. The highest BCUT2D eigenvalue weighted by Crippen LogP contribution is 2.30. The molecule has 2 N–H and O–H groups in total. The molecule has 0 radical (unpaired) electrons. The number of hydrogen-bond donors (Lipinski definition) is 2. The summed E-state index contributed by atoms with van der Waals surface area (Å²) in [6.07, 6.45) is 4.79. The summed E-state index contributed by atoms with van der Waals surface area (Å²) in [6, 6.07) is 8.59. The SMILES string of the molecule is CN=C(NCCCOCC1CC1)NC1CCN(c2ccccc2OC)C1.I. The second kappa shape index (κ2) is 11.6. The number of rotatable bonds is 9. The quantitative estimate of drug-likeness (QED) is 0.242. The van der Waals surface area contributed by atoms with Crippen LogP contribution in [0, 0.1) is 5.92 Å². The molecule has 1 aliphatic carbocycles. The zero-order valence-corrected chi connectivity index (χ0v) is 18.8. The Labute approximate surface area is 180 Å². The number of ether oxygens (including phenoxy) is 2. The maximum absolute atomic E-state index is 5.67. The van der Waals surface area contributed by atoms with Crippen molar-refractivity contribution in [1.29, 1.82) is 0 Å². The molecule has 0 spiro atoms. The van der Waals surface area contributed by atoms with Crippen molar-refractivity contribution in [3.63, 3.8) is 0 Å². The van der Waals surface area contributed by atoms with Gasteiger partial charge in [-0.15, -0.1) is 24.0 Å². The van der Waals surface area contributed by atoms with Crippen LogP contribution in [-0.4, -0.2) is 59.0 Å². The van der Waals surface area contributed by atoms with Crippen LogP contribution in [0.4, 0.5) is 5.69 Å². The molecule has 2 aliphatic rings. The van der Waals surface area contributed by atoms with E-state index in [0.29, 0.717) is 6.04 Å². The maximum Gasteiger partial charge on any atom is 0.191 e.